The lowest BCUT2D eigenvalue weighted by Gasteiger charge is -2.29. The quantitative estimate of drug-likeness (QED) is 0.213. The van der Waals surface area contributed by atoms with Gasteiger partial charge in [-0.2, -0.15) is 0 Å². The fourth-order valence-electron chi connectivity index (χ4n) is 4.06. The molecule has 0 aliphatic carbocycles. The predicted molar refractivity (Wildman–Crippen MR) is 146 cm³/mol. The molecule has 0 saturated carbocycles. The van der Waals surface area contributed by atoms with E-state index in [1.54, 1.807) is 10.6 Å². The summed E-state index contributed by atoms with van der Waals surface area (Å²) in [5.74, 6) is 1.31. The number of ether oxygens (including phenoxy) is 2. The van der Waals surface area contributed by atoms with Gasteiger partial charge in [0.05, 0.1) is 24.2 Å². The van der Waals surface area contributed by atoms with Crippen LogP contribution in [-0.2, 0) is 35.6 Å². The number of aromatic nitrogens is 2. The minimum atomic E-state index is -0.303. The van der Waals surface area contributed by atoms with E-state index in [4.69, 9.17) is 14.5 Å². The highest BCUT2D eigenvalue weighted by molar-refractivity contribution is 7.99. The van der Waals surface area contributed by atoms with E-state index in [-0.39, 0.29) is 17.1 Å². The molecule has 3 heterocycles. The van der Waals surface area contributed by atoms with Crippen LogP contribution < -0.4 is 15.6 Å². The number of carbonyl (C=O) groups is 1. The summed E-state index contributed by atoms with van der Waals surface area (Å²) in [5, 5.41) is 4.27. The average Bonchev–Trinajstić information content (AvgIpc) is 3.21. The molecule has 0 unspecified atom stereocenters. The monoisotopic (exact) mass is 527 g/mol. The number of nitrogens with one attached hydrogen (secondary N) is 1. The molecule has 0 fully saturated rings. The highest BCUT2D eigenvalue weighted by atomic mass is 32.2. The van der Waals surface area contributed by atoms with E-state index in [1.807, 2.05) is 38.1 Å². The lowest BCUT2D eigenvalue weighted by Crippen LogP contribution is -2.32. The first kappa shape index (κ1) is 26.4. The molecule has 1 aliphatic rings. The summed E-state index contributed by atoms with van der Waals surface area (Å²) < 4.78 is 13.2. The Kier molecular flexibility index (Phi) is 8.54. The van der Waals surface area contributed by atoms with Crippen molar-refractivity contribution in [2.75, 3.05) is 12.4 Å². The number of fused-ring (bicyclic) bond motifs is 3. The van der Waals surface area contributed by atoms with Crippen molar-refractivity contribution in [3.63, 3.8) is 0 Å². The Morgan fingerprint density at radius 3 is 2.86 bits per heavy atom. The van der Waals surface area contributed by atoms with Gasteiger partial charge < -0.3 is 14.8 Å². The normalized spacial score (nSPS) is 14.4. The van der Waals surface area contributed by atoms with Crippen molar-refractivity contribution in [3.05, 3.63) is 63.3 Å². The van der Waals surface area contributed by atoms with Gasteiger partial charge in [-0.3, -0.25) is 14.2 Å². The molecule has 0 radical (unpaired) electrons. The molecule has 0 spiro atoms. The van der Waals surface area contributed by atoms with Crippen molar-refractivity contribution in [3.8, 4) is 5.75 Å². The molecule has 1 aromatic carbocycles. The number of carbonyl (C=O) groups excluding carboxylic acids is 1. The van der Waals surface area contributed by atoms with Crippen molar-refractivity contribution in [2.45, 2.75) is 70.5 Å². The van der Waals surface area contributed by atoms with Gasteiger partial charge in [-0.05, 0) is 43.5 Å². The Labute approximate surface area is 219 Å². The average molecular weight is 528 g/mol. The van der Waals surface area contributed by atoms with Crippen LogP contribution in [0.5, 0.6) is 5.75 Å². The SMILES string of the molecule is C=CCn1c(SCCC(=O)NCc2ccc(OCCC)cc2)nc2sc3c(c2c1=O)CC(C)(C)OC3. The van der Waals surface area contributed by atoms with Gasteiger partial charge >= 0.3 is 0 Å². The lowest BCUT2D eigenvalue weighted by molar-refractivity contribution is -0.120. The van der Waals surface area contributed by atoms with E-state index >= 15 is 0 Å². The Balaban J connectivity index is 1.39. The van der Waals surface area contributed by atoms with Crippen molar-refractivity contribution < 1.29 is 14.3 Å². The Hall–Kier alpha value is -2.62. The van der Waals surface area contributed by atoms with Crippen LogP contribution in [0.15, 0.2) is 46.9 Å². The molecule has 1 N–H and O–H groups in total. The molecule has 9 heteroatoms. The van der Waals surface area contributed by atoms with Gasteiger partial charge in [-0.1, -0.05) is 36.9 Å². The molecule has 3 aromatic rings. The molecule has 1 aliphatic heterocycles. The van der Waals surface area contributed by atoms with E-state index < -0.39 is 0 Å². The van der Waals surface area contributed by atoms with E-state index in [9.17, 15) is 9.59 Å². The van der Waals surface area contributed by atoms with Gasteiger partial charge in [0.25, 0.3) is 5.56 Å². The maximum atomic E-state index is 13.5. The first-order valence-corrected chi connectivity index (χ1v) is 14.0. The summed E-state index contributed by atoms with van der Waals surface area (Å²) in [5.41, 5.74) is 1.72. The summed E-state index contributed by atoms with van der Waals surface area (Å²) in [6.07, 6.45) is 3.68. The zero-order valence-electron chi connectivity index (χ0n) is 21.1. The second kappa shape index (κ2) is 11.6. The molecule has 7 nitrogen and oxygen atoms in total. The summed E-state index contributed by atoms with van der Waals surface area (Å²) in [6.45, 7) is 12.0. The Morgan fingerprint density at radius 1 is 1.36 bits per heavy atom. The highest BCUT2D eigenvalue weighted by Crippen LogP contribution is 2.37. The maximum Gasteiger partial charge on any atom is 0.263 e. The highest BCUT2D eigenvalue weighted by Gasteiger charge is 2.31. The molecule has 2 aromatic heterocycles. The first-order chi connectivity index (χ1) is 17.3. The number of hydrogen-bond donors (Lipinski definition) is 1. The number of benzene rings is 1. The van der Waals surface area contributed by atoms with Gasteiger partial charge in [0, 0.05) is 36.6 Å². The maximum absolute atomic E-state index is 13.5. The van der Waals surface area contributed by atoms with Crippen LogP contribution in [0.25, 0.3) is 10.2 Å². The number of nitrogens with zero attached hydrogens (tertiary/aromatic N) is 2. The van der Waals surface area contributed by atoms with Crippen molar-refractivity contribution in [2.24, 2.45) is 0 Å². The van der Waals surface area contributed by atoms with Crippen LogP contribution in [-0.4, -0.2) is 33.4 Å². The second-order valence-corrected chi connectivity index (χ2v) is 11.5. The van der Waals surface area contributed by atoms with Gasteiger partial charge in [0.2, 0.25) is 5.91 Å². The molecule has 0 bridgehead atoms. The summed E-state index contributed by atoms with van der Waals surface area (Å²) in [4.78, 5) is 32.5. The minimum Gasteiger partial charge on any atom is -0.494 e. The number of thiophene rings is 1. The van der Waals surface area contributed by atoms with Crippen LogP contribution in [0.3, 0.4) is 0 Å². The smallest absolute Gasteiger partial charge is 0.263 e. The van der Waals surface area contributed by atoms with Crippen LogP contribution in [0.4, 0.5) is 0 Å². The van der Waals surface area contributed by atoms with E-state index in [0.29, 0.717) is 55.4 Å². The number of rotatable bonds is 11. The molecule has 0 saturated heterocycles. The number of allylic oxidation sites excluding steroid dienone is 1. The first-order valence-electron chi connectivity index (χ1n) is 12.2. The van der Waals surface area contributed by atoms with E-state index in [2.05, 4.69) is 18.8 Å². The van der Waals surface area contributed by atoms with E-state index in [0.717, 1.165) is 33.0 Å². The van der Waals surface area contributed by atoms with E-state index in [1.165, 1.54) is 23.1 Å². The van der Waals surface area contributed by atoms with Gasteiger partial charge in [-0.15, -0.1) is 17.9 Å². The van der Waals surface area contributed by atoms with Crippen molar-refractivity contribution >= 4 is 39.2 Å². The third-order valence-corrected chi connectivity index (χ3v) is 7.99. The summed E-state index contributed by atoms with van der Waals surface area (Å²) in [6, 6.07) is 7.76. The number of hydrogen-bond acceptors (Lipinski definition) is 7. The summed E-state index contributed by atoms with van der Waals surface area (Å²) in [7, 11) is 0. The molecule has 4 rings (SSSR count). The standard InChI is InChI=1S/C27H33N3O4S2/c1-5-12-30-25(32)23-20-15-27(3,4)34-17-21(20)36-24(23)29-26(30)35-14-11-22(31)28-16-18-7-9-19(10-8-18)33-13-6-2/h5,7-10H,1,6,11-17H2,2-4H3,(H,28,31). The lowest BCUT2D eigenvalue weighted by atomic mass is 9.94. The van der Waals surface area contributed by atoms with Crippen LogP contribution >= 0.6 is 23.1 Å². The second-order valence-electron chi connectivity index (χ2n) is 9.38. The van der Waals surface area contributed by atoms with Crippen molar-refractivity contribution in [1.82, 2.24) is 14.9 Å². The molecular weight excluding hydrogens is 494 g/mol. The molecular formula is C27H33N3O4S2. The topological polar surface area (TPSA) is 82.5 Å². The Bertz CT molecular complexity index is 1300. The third kappa shape index (κ3) is 6.19. The van der Waals surface area contributed by atoms with Gasteiger partial charge in [0.15, 0.2) is 5.16 Å². The minimum absolute atomic E-state index is 0.0431. The fraction of sp³-hybridized carbons (Fsp3) is 0.444. The molecule has 0 atom stereocenters. The fourth-order valence-corrected chi connectivity index (χ4v) is 6.15. The number of thioether (sulfide) groups is 1. The molecule has 192 valence electrons. The van der Waals surface area contributed by atoms with Crippen LogP contribution in [0.2, 0.25) is 0 Å². The zero-order valence-corrected chi connectivity index (χ0v) is 22.7. The van der Waals surface area contributed by atoms with Crippen LogP contribution in [0, 0.1) is 0 Å². The van der Waals surface area contributed by atoms with Crippen molar-refractivity contribution in [1.29, 1.82) is 0 Å². The van der Waals surface area contributed by atoms with Gasteiger partial charge in [0.1, 0.15) is 10.6 Å². The molecule has 36 heavy (non-hydrogen) atoms. The summed E-state index contributed by atoms with van der Waals surface area (Å²) >= 11 is 2.95. The number of amides is 1. The van der Waals surface area contributed by atoms with Gasteiger partial charge in [-0.25, -0.2) is 4.98 Å². The third-order valence-electron chi connectivity index (χ3n) is 5.91. The zero-order chi connectivity index (χ0) is 25.7. The largest absolute Gasteiger partial charge is 0.494 e. The van der Waals surface area contributed by atoms with Crippen LogP contribution in [0.1, 0.15) is 49.6 Å². The molecule has 1 amide bonds. The Morgan fingerprint density at radius 2 is 2.14 bits per heavy atom. The predicted octanol–water partition coefficient (Wildman–Crippen LogP) is 5.08.